The van der Waals surface area contributed by atoms with Crippen LogP contribution in [0.5, 0.6) is 5.75 Å². The number of hydrogen-bond acceptors (Lipinski definition) is 4. The average Bonchev–Trinajstić information content (AvgIpc) is 3.14. The lowest BCUT2D eigenvalue weighted by atomic mass is 9.67. The minimum atomic E-state index is 0. The Morgan fingerprint density at radius 2 is 1.96 bits per heavy atom. The summed E-state index contributed by atoms with van der Waals surface area (Å²) in [5.41, 5.74) is 6.86. The van der Waals surface area contributed by atoms with Crippen LogP contribution in [0, 0.1) is 11.8 Å². The lowest BCUT2D eigenvalue weighted by Crippen LogP contribution is -2.53. The van der Waals surface area contributed by atoms with Gasteiger partial charge in [-0.1, -0.05) is 18.6 Å². The van der Waals surface area contributed by atoms with Crippen molar-refractivity contribution in [3.8, 4) is 5.75 Å². The first-order valence-corrected chi connectivity index (χ1v) is 10.4. The van der Waals surface area contributed by atoms with E-state index in [2.05, 4.69) is 5.32 Å². The maximum atomic E-state index is 12.8. The largest absolute Gasteiger partial charge is 0.488 e. The number of thiophene rings is 1. The third-order valence-electron chi connectivity index (χ3n) is 5.73. The number of ether oxygens (including phenoxy) is 1. The van der Waals surface area contributed by atoms with E-state index < -0.39 is 0 Å². The van der Waals surface area contributed by atoms with Gasteiger partial charge in [0.25, 0.3) is 5.91 Å². The predicted octanol–water partition coefficient (Wildman–Crippen LogP) is 4.38. The minimum Gasteiger partial charge on any atom is -0.488 e. The van der Waals surface area contributed by atoms with E-state index in [1.165, 1.54) is 24.1 Å². The Kier molecular flexibility index (Phi) is 6.79. The SMILES string of the molecule is Cl.NC1CC2CCCC(C1)C2NC(=O)c1cccc(OCc2cccs2)c1. The molecular formula is C21H27ClN2O2S. The lowest BCUT2D eigenvalue weighted by molar-refractivity contribution is 0.0755. The molecule has 6 heteroatoms. The van der Waals surface area contributed by atoms with Gasteiger partial charge in [0.05, 0.1) is 0 Å². The van der Waals surface area contributed by atoms with E-state index in [-0.39, 0.29) is 24.4 Å². The molecule has 2 aliphatic carbocycles. The zero-order chi connectivity index (χ0) is 17.9. The number of carbonyl (C=O) groups is 1. The van der Waals surface area contributed by atoms with Gasteiger partial charge >= 0.3 is 0 Å². The number of hydrogen-bond donors (Lipinski definition) is 2. The summed E-state index contributed by atoms with van der Waals surface area (Å²) in [6.45, 7) is 0.535. The quantitative estimate of drug-likeness (QED) is 0.774. The van der Waals surface area contributed by atoms with Crippen LogP contribution in [0.1, 0.15) is 47.3 Å². The van der Waals surface area contributed by atoms with Crippen molar-refractivity contribution in [1.29, 1.82) is 0 Å². The molecule has 1 amide bonds. The van der Waals surface area contributed by atoms with Crippen LogP contribution >= 0.6 is 23.7 Å². The van der Waals surface area contributed by atoms with Crippen LogP contribution in [0.25, 0.3) is 0 Å². The highest BCUT2D eigenvalue weighted by atomic mass is 35.5. The van der Waals surface area contributed by atoms with Crippen LogP contribution in [-0.4, -0.2) is 18.0 Å². The predicted molar refractivity (Wildman–Crippen MR) is 112 cm³/mol. The van der Waals surface area contributed by atoms with Crippen molar-refractivity contribution in [1.82, 2.24) is 5.32 Å². The number of benzene rings is 1. The van der Waals surface area contributed by atoms with Crippen LogP contribution in [-0.2, 0) is 6.61 Å². The van der Waals surface area contributed by atoms with Gasteiger partial charge in [-0.25, -0.2) is 0 Å². The molecule has 4 rings (SSSR count). The summed E-state index contributed by atoms with van der Waals surface area (Å²) in [6.07, 6.45) is 5.69. The van der Waals surface area contributed by atoms with E-state index in [4.69, 9.17) is 10.5 Å². The number of halogens is 1. The summed E-state index contributed by atoms with van der Waals surface area (Å²) in [6, 6.07) is 12.1. The molecule has 2 bridgehead atoms. The molecule has 1 aromatic carbocycles. The Morgan fingerprint density at radius 3 is 2.67 bits per heavy atom. The Labute approximate surface area is 170 Å². The normalized spacial score (nSPS) is 26.7. The molecule has 4 nitrogen and oxygen atoms in total. The zero-order valence-electron chi connectivity index (χ0n) is 15.3. The van der Waals surface area contributed by atoms with Crippen molar-refractivity contribution < 1.29 is 9.53 Å². The highest BCUT2D eigenvalue weighted by Gasteiger charge is 2.39. The second-order valence-corrected chi connectivity index (χ2v) is 8.61. The number of nitrogens with two attached hydrogens (primary N) is 1. The van der Waals surface area contributed by atoms with Crippen LogP contribution in [0.15, 0.2) is 41.8 Å². The first kappa shape index (κ1) is 20.2. The number of rotatable bonds is 5. The van der Waals surface area contributed by atoms with Gasteiger partial charge in [0.2, 0.25) is 0 Å². The summed E-state index contributed by atoms with van der Waals surface area (Å²) in [5, 5.41) is 5.34. The third kappa shape index (κ3) is 4.84. The molecule has 2 aromatic rings. The molecule has 0 spiro atoms. The average molecular weight is 407 g/mol. The molecule has 0 saturated heterocycles. The standard InChI is InChI=1S/C21H26N2O2S.ClH/c22-17-10-14-4-1-5-15(11-17)20(14)23-21(24)16-6-2-7-18(12-16)25-13-19-8-3-9-26-19;/h2-3,6-9,12,14-15,17,20H,1,4-5,10-11,13,22H2,(H,23,24);1H. The van der Waals surface area contributed by atoms with E-state index in [0.29, 0.717) is 30.0 Å². The monoisotopic (exact) mass is 406 g/mol. The molecule has 3 N–H and O–H groups in total. The van der Waals surface area contributed by atoms with Crippen LogP contribution in [0.3, 0.4) is 0 Å². The molecule has 0 radical (unpaired) electrons. The third-order valence-corrected chi connectivity index (χ3v) is 6.58. The summed E-state index contributed by atoms with van der Waals surface area (Å²) in [5.74, 6) is 1.79. The van der Waals surface area contributed by atoms with Crippen molar-refractivity contribution in [3.05, 3.63) is 52.2 Å². The summed E-state index contributed by atoms with van der Waals surface area (Å²) in [7, 11) is 0. The van der Waals surface area contributed by atoms with Crippen molar-refractivity contribution in [2.45, 2.75) is 50.8 Å². The second-order valence-electron chi connectivity index (χ2n) is 7.58. The first-order valence-electron chi connectivity index (χ1n) is 9.51. The van der Waals surface area contributed by atoms with Gasteiger partial charge in [0, 0.05) is 22.5 Å². The van der Waals surface area contributed by atoms with Crippen molar-refractivity contribution in [2.24, 2.45) is 17.6 Å². The molecule has 2 saturated carbocycles. The zero-order valence-corrected chi connectivity index (χ0v) is 16.9. The lowest BCUT2D eigenvalue weighted by Gasteiger charge is -2.45. The fraction of sp³-hybridized carbons (Fsp3) is 0.476. The minimum absolute atomic E-state index is 0. The van der Waals surface area contributed by atoms with Gasteiger partial charge in [0.15, 0.2) is 0 Å². The second kappa shape index (κ2) is 9.09. The van der Waals surface area contributed by atoms with Crippen molar-refractivity contribution >= 4 is 29.7 Å². The number of nitrogens with one attached hydrogen (secondary N) is 1. The molecule has 2 fully saturated rings. The molecule has 146 valence electrons. The molecular weight excluding hydrogens is 380 g/mol. The van der Waals surface area contributed by atoms with Gasteiger partial charge in [-0.2, -0.15) is 0 Å². The van der Waals surface area contributed by atoms with E-state index in [9.17, 15) is 4.79 Å². The Balaban J connectivity index is 0.00000210. The van der Waals surface area contributed by atoms with Gasteiger partial charge in [-0.05, 0) is 67.2 Å². The Morgan fingerprint density at radius 1 is 1.19 bits per heavy atom. The van der Waals surface area contributed by atoms with Crippen molar-refractivity contribution in [3.63, 3.8) is 0 Å². The molecule has 1 heterocycles. The van der Waals surface area contributed by atoms with Gasteiger partial charge < -0.3 is 15.8 Å². The van der Waals surface area contributed by atoms with E-state index in [1.807, 2.05) is 41.8 Å². The Hall–Kier alpha value is -1.56. The van der Waals surface area contributed by atoms with E-state index in [1.54, 1.807) is 11.3 Å². The molecule has 1 aromatic heterocycles. The highest BCUT2D eigenvalue weighted by molar-refractivity contribution is 7.09. The summed E-state index contributed by atoms with van der Waals surface area (Å²) >= 11 is 1.67. The topological polar surface area (TPSA) is 64.3 Å². The number of carbonyl (C=O) groups excluding carboxylic acids is 1. The van der Waals surface area contributed by atoms with E-state index >= 15 is 0 Å². The summed E-state index contributed by atoms with van der Waals surface area (Å²) in [4.78, 5) is 14.0. The molecule has 2 aliphatic rings. The smallest absolute Gasteiger partial charge is 0.251 e. The fourth-order valence-electron chi connectivity index (χ4n) is 4.54. The van der Waals surface area contributed by atoms with Gasteiger partial charge in [-0.3, -0.25) is 4.79 Å². The van der Waals surface area contributed by atoms with Crippen LogP contribution in [0.4, 0.5) is 0 Å². The van der Waals surface area contributed by atoms with Gasteiger partial charge in [-0.15, -0.1) is 23.7 Å². The van der Waals surface area contributed by atoms with Crippen LogP contribution < -0.4 is 15.8 Å². The molecule has 0 aliphatic heterocycles. The fourth-order valence-corrected chi connectivity index (χ4v) is 5.15. The van der Waals surface area contributed by atoms with E-state index in [0.717, 1.165) is 18.6 Å². The highest BCUT2D eigenvalue weighted by Crippen LogP contribution is 2.39. The maximum absolute atomic E-state index is 12.8. The molecule has 27 heavy (non-hydrogen) atoms. The molecule has 2 unspecified atom stereocenters. The first-order chi connectivity index (χ1) is 12.7. The molecule has 2 atom stereocenters. The Bertz CT molecular complexity index is 738. The number of amides is 1. The van der Waals surface area contributed by atoms with Crippen molar-refractivity contribution in [2.75, 3.05) is 0 Å². The summed E-state index contributed by atoms with van der Waals surface area (Å²) < 4.78 is 5.83. The maximum Gasteiger partial charge on any atom is 0.251 e. The van der Waals surface area contributed by atoms with Gasteiger partial charge in [0.1, 0.15) is 12.4 Å². The van der Waals surface area contributed by atoms with Crippen LogP contribution in [0.2, 0.25) is 0 Å². The number of fused-ring (bicyclic) bond motifs is 2.